The molecule has 2 rings (SSSR count). The van der Waals surface area contributed by atoms with Gasteiger partial charge in [0.05, 0.1) is 11.5 Å². The van der Waals surface area contributed by atoms with E-state index < -0.39 is 10.1 Å². The van der Waals surface area contributed by atoms with Crippen LogP contribution in [-0.2, 0) is 14.3 Å². The zero-order valence-electron chi connectivity index (χ0n) is 12.9. The first-order valence-electron chi connectivity index (χ1n) is 7.35. The van der Waals surface area contributed by atoms with Crippen LogP contribution in [0, 0.1) is 24.2 Å². The van der Waals surface area contributed by atoms with E-state index in [9.17, 15) is 13.5 Å². The molecule has 0 radical (unpaired) electrons. The van der Waals surface area contributed by atoms with E-state index in [0.29, 0.717) is 5.92 Å². The van der Waals surface area contributed by atoms with Crippen LogP contribution in [0.25, 0.3) is 0 Å². The van der Waals surface area contributed by atoms with Crippen molar-refractivity contribution in [1.29, 1.82) is 0 Å². The third kappa shape index (κ3) is 3.47. The van der Waals surface area contributed by atoms with Crippen LogP contribution in [0.4, 0.5) is 0 Å². The van der Waals surface area contributed by atoms with Gasteiger partial charge in [-0.15, -0.1) is 0 Å². The van der Waals surface area contributed by atoms with Gasteiger partial charge in [-0.1, -0.05) is 31.5 Å². The summed E-state index contributed by atoms with van der Waals surface area (Å²) in [6, 6.07) is 6.65. The molecule has 3 atom stereocenters. The molecular formula is C16H24O4S. The van der Waals surface area contributed by atoms with Gasteiger partial charge in [-0.05, 0) is 49.1 Å². The Kier molecular flexibility index (Phi) is 4.76. The third-order valence-corrected chi connectivity index (χ3v) is 6.06. The summed E-state index contributed by atoms with van der Waals surface area (Å²) >= 11 is 0. The van der Waals surface area contributed by atoms with Gasteiger partial charge in [0.15, 0.2) is 0 Å². The predicted octanol–water partition coefficient (Wildman–Crippen LogP) is 2.75. The summed E-state index contributed by atoms with van der Waals surface area (Å²) in [4.78, 5) is 0.193. The molecule has 0 bridgehead atoms. The van der Waals surface area contributed by atoms with Crippen molar-refractivity contribution in [3.05, 3.63) is 29.8 Å². The molecule has 4 nitrogen and oxygen atoms in total. The molecule has 1 saturated carbocycles. The summed E-state index contributed by atoms with van der Waals surface area (Å²) in [5.74, 6) is 0.423. The van der Waals surface area contributed by atoms with Gasteiger partial charge in [0, 0.05) is 6.61 Å². The minimum Gasteiger partial charge on any atom is -0.396 e. The molecule has 1 aliphatic rings. The second-order valence-electron chi connectivity index (χ2n) is 6.49. The lowest BCUT2D eigenvalue weighted by molar-refractivity contribution is -0.0480. The molecule has 118 valence electrons. The number of benzene rings is 1. The van der Waals surface area contributed by atoms with Crippen LogP contribution < -0.4 is 0 Å². The van der Waals surface area contributed by atoms with E-state index in [1.807, 2.05) is 20.8 Å². The Morgan fingerprint density at radius 2 is 2.00 bits per heavy atom. The molecular weight excluding hydrogens is 288 g/mol. The first kappa shape index (κ1) is 16.5. The Morgan fingerprint density at radius 3 is 2.48 bits per heavy atom. The highest BCUT2D eigenvalue weighted by atomic mass is 32.2. The van der Waals surface area contributed by atoms with Gasteiger partial charge in [0.1, 0.15) is 0 Å². The Hall–Kier alpha value is -0.910. The van der Waals surface area contributed by atoms with E-state index in [1.54, 1.807) is 24.3 Å². The highest BCUT2D eigenvalue weighted by molar-refractivity contribution is 7.86. The van der Waals surface area contributed by atoms with Crippen molar-refractivity contribution in [1.82, 2.24) is 0 Å². The van der Waals surface area contributed by atoms with Gasteiger partial charge >= 0.3 is 0 Å². The highest BCUT2D eigenvalue weighted by Crippen LogP contribution is 2.49. The van der Waals surface area contributed by atoms with Crippen LogP contribution in [0.2, 0.25) is 0 Å². The summed E-state index contributed by atoms with van der Waals surface area (Å²) in [6.45, 7) is 6.25. The first-order valence-corrected chi connectivity index (χ1v) is 8.76. The predicted molar refractivity (Wildman–Crippen MR) is 81.4 cm³/mol. The van der Waals surface area contributed by atoms with Crippen molar-refractivity contribution >= 4 is 10.1 Å². The molecule has 5 heteroatoms. The fourth-order valence-corrected chi connectivity index (χ4v) is 4.06. The van der Waals surface area contributed by atoms with Crippen molar-refractivity contribution in [2.45, 2.75) is 38.5 Å². The molecule has 21 heavy (non-hydrogen) atoms. The quantitative estimate of drug-likeness (QED) is 0.820. The third-order valence-electron chi connectivity index (χ3n) is 4.77. The largest absolute Gasteiger partial charge is 0.396 e. The highest BCUT2D eigenvalue weighted by Gasteiger charge is 2.45. The van der Waals surface area contributed by atoms with E-state index in [-0.39, 0.29) is 29.4 Å². The van der Waals surface area contributed by atoms with E-state index in [2.05, 4.69) is 0 Å². The molecule has 1 aromatic carbocycles. The molecule has 1 fully saturated rings. The fourth-order valence-electron chi connectivity index (χ4n) is 3.06. The lowest BCUT2D eigenvalue weighted by Gasteiger charge is -2.49. The standard InChI is InChI=1S/C16H24O4S/c1-12-4-6-14(7-5-12)21(18,19)20-10-13(2)15-8-9-16(15,3)11-17/h4-7,13,15,17H,8-11H2,1-3H3/t13-,15+,16+/m1/s1. The number of aliphatic hydroxyl groups excluding tert-OH is 1. The van der Waals surface area contributed by atoms with Gasteiger partial charge < -0.3 is 5.11 Å². The molecule has 1 aromatic rings. The number of hydrogen-bond donors (Lipinski definition) is 1. The second-order valence-corrected chi connectivity index (χ2v) is 8.10. The van der Waals surface area contributed by atoms with Crippen molar-refractivity contribution < 1.29 is 17.7 Å². The van der Waals surface area contributed by atoms with Crippen LogP contribution in [0.5, 0.6) is 0 Å². The maximum Gasteiger partial charge on any atom is 0.296 e. The zero-order chi connectivity index (χ0) is 15.7. The van der Waals surface area contributed by atoms with E-state index in [0.717, 1.165) is 18.4 Å². The number of rotatable bonds is 6. The van der Waals surface area contributed by atoms with Gasteiger partial charge in [-0.3, -0.25) is 4.18 Å². The van der Waals surface area contributed by atoms with Crippen LogP contribution >= 0.6 is 0 Å². The average molecular weight is 312 g/mol. The minimum atomic E-state index is -3.70. The smallest absolute Gasteiger partial charge is 0.296 e. The van der Waals surface area contributed by atoms with E-state index in [4.69, 9.17) is 4.18 Å². The van der Waals surface area contributed by atoms with Gasteiger partial charge in [-0.25, -0.2) is 0 Å². The summed E-state index contributed by atoms with van der Waals surface area (Å²) in [5, 5.41) is 9.44. The van der Waals surface area contributed by atoms with Crippen LogP contribution in [0.3, 0.4) is 0 Å². The molecule has 0 spiro atoms. The summed E-state index contributed by atoms with van der Waals surface area (Å²) in [5.41, 5.74) is 0.923. The normalized spacial score (nSPS) is 27.1. The maximum atomic E-state index is 12.1. The molecule has 1 aliphatic carbocycles. The molecule has 0 aromatic heterocycles. The second kappa shape index (κ2) is 6.07. The molecule has 0 amide bonds. The monoisotopic (exact) mass is 312 g/mol. The Bertz CT molecular complexity index is 575. The van der Waals surface area contributed by atoms with Crippen molar-refractivity contribution in [3.8, 4) is 0 Å². The molecule has 0 heterocycles. The first-order chi connectivity index (χ1) is 9.78. The summed E-state index contributed by atoms with van der Waals surface area (Å²) in [7, 11) is -3.70. The Balaban J connectivity index is 1.97. The maximum absolute atomic E-state index is 12.1. The SMILES string of the molecule is Cc1ccc(S(=O)(=O)OC[C@@H](C)[C@@H]2CC[C@@]2(C)CO)cc1. The Labute approximate surface area is 127 Å². The number of hydrogen-bond acceptors (Lipinski definition) is 4. The topological polar surface area (TPSA) is 63.6 Å². The average Bonchev–Trinajstić information content (AvgIpc) is 2.43. The molecule has 0 saturated heterocycles. The summed E-state index contributed by atoms with van der Waals surface area (Å²) in [6.07, 6.45) is 2.01. The fraction of sp³-hybridized carbons (Fsp3) is 0.625. The molecule has 0 unspecified atom stereocenters. The van der Waals surface area contributed by atoms with Crippen LogP contribution in [0.15, 0.2) is 29.2 Å². The summed E-state index contributed by atoms with van der Waals surface area (Å²) < 4.78 is 29.5. The van der Waals surface area contributed by atoms with Crippen molar-refractivity contribution in [2.24, 2.45) is 17.3 Å². The lowest BCUT2D eigenvalue weighted by Crippen LogP contribution is -2.45. The van der Waals surface area contributed by atoms with Gasteiger partial charge in [0.2, 0.25) is 0 Å². The number of aliphatic hydroxyl groups is 1. The van der Waals surface area contributed by atoms with Crippen LogP contribution in [0.1, 0.15) is 32.3 Å². The molecule has 1 N–H and O–H groups in total. The zero-order valence-corrected chi connectivity index (χ0v) is 13.7. The van der Waals surface area contributed by atoms with Gasteiger partial charge in [-0.2, -0.15) is 8.42 Å². The van der Waals surface area contributed by atoms with E-state index >= 15 is 0 Å². The minimum absolute atomic E-state index is 0.0869. The van der Waals surface area contributed by atoms with Crippen molar-refractivity contribution in [3.63, 3.8) is 0 Å². The van der Waals surface area contributed by atoms with Gasteiger partial charge in [0.25, 0.3) is 10.1 Å². The number of aryl methyl sites for hydroxylation is 1. The molecule has 0 aliphatic heterocycles. The van der Waals surface area contributed by atoms with Crippen LogP contribution in [-0.4, -0.2) is 26.7 Å². The van der Waals surface area contributed by atoms with Crippen molar-refractivity contribution in [2.75, 3.05) is 13.2 Å². The Morgan fingerprint density at radius 1 is 1.38 bits per heavy atom. The van der Waals surface area contributed by atoms with E-state index in [1.165, 1.54) is 0 Å². The lowest BCUT2D eigenvalue weighted by atomic mass is 9.57.